The van der Waals surface area contributed by atoms with Gasteiger partial charge < -0.3 is 4.74 Å². The second-order valence-electron chi connectivity index (χ2n) is 5.59. The van der Waals surface area contributed by atoms with Crippen molar-refractivity contribution in [3.05, 3.63) is 35.9 Å². The summed E-state index contributed by atoms with van der Waals surface area (Å²) in [5.41, 5.74) is -0.303. The summed E-state index contributed by atoms with van der Waals surface area (Å²) in [5.74, 6) is -0.388. The molecule has 0 aromatic heterocycles. The first-order valence-electron chi connectivity index (χ1n) is 7.33. The molecule has 2 rings (SSSR count). The smallest absolute Gasteiger partial charge is 0.303 e. The second kappa shape index (κ2) is 6.21. The van der Waals surface area contributed by atoms with Gasteiger partial charge in [0, 0.05) is 18.4 Å². The summed E-state index contributed by atoms with van der Waals surface area (Å²) < 4.78 is 5.64. The van der Waals surface area contributed by atoms with Gasteiger partial charge in [-0.25, -0.2) is 0 Å². The van der Waals surface area contributed by atoms with Crippen molar-refractivity contribution in [2.24, 2.45) is 5.92 Å². The van der Waals surface area contributed by atoms with Crippen LogP contribution in [0.25, 0.3) is 0 Å². The largest absolute Gasteiger partial charge is 0.446 e. The number of carbonyl (C=O) groups excluding carboxylic acids is 2. The van der Waals surface area contributed by atoms with E-state index >= 15 is 0 Å². The molecule has 1 aliphatic rings. The van der Waals surface area contributed by atoms with Gasteiger partial charge >= 0.3 is 5.97 Å². The topological polar surface area (TPSA) is 43.4 Å². The molecule has 1 aromatic carbocycles. The predicted octanol–water partition coefficient (Wildman–Crippen LogP) is 3.61. The highest BCUT2D eigenvalue weighted by Crippen LogP contribution is 2.43. The third-order valence-electron chi connectivity index (χ3n) is 4.21. The lowest BCUT2D eigenvalue weighted by atomic mass is 9.71. The summed E-state index contributed by atoms with van der Waals surface area (Å²) in [6.07, 6.45) is 5.24. The zero-order chi connectivity index (χ0) is 14.6. The average molecular weight is 274 g/mol. The first-order valence-corrected chi connectivity index (χ1v) is 7.33. The Hall–Kier alpha value is -1.64. The Labute approximate surface area is 120 Å². The lowest BCUT2D eigenvalue weighted by Crippen LogP contribution is -2.46. The van der Waals surface area contributed by atoms with Gasteiger partial charge in [0.1, 0.15) is 0 Å². The van der Waals surface area contributed by atoms with E-state index in [1.54, 1.807) is 0 Å². The summed E-state index contributed by atoms with van der Waals surface area (Å²) in [7, 11) is 0. The predicted molar refractivity (Wildman–Crippen MR) is 77.1 cm³/mol. The quantitative estimate of drug-likeness (QED) is 0.788. The Bertz CT molecular complexity index is 474. The zero-order valence-corrected chi connectivity index (χ0v) is 12.2. The van der Waals surface area contributed by atoms with Crippen LogP contribution in [0.4, 0.5) is 0 Å². The van der Waals surface area contributed by atoms with E-state index in [9.17, 15) is 9.59 Å². The highest BCUT2D eigenvalue weighted by Gasteiger charge is 2.48. The first-order chi connectivity index (χ1) is 9.57. The van der Waals surface area contributed by atoms with Gasteiger partial charge in [0.25, 0.3) is 0 Å². The Morgan fingerprint density at radius 3 is 2.15 bits per heavy atom. The van der Waals surface area contributed by atoms with Crippen molar-refractivity contribution in [1.82, 2.24) is 0 Å². The van der Waals surface area contributed by atoms with Crippen LogP contribution in [0.15, 0.2) is 30.3 Å². The van der Waals surface area contributed by atoms with Crippen molar-refractivity contribution in [3.8, 4) is 0 Å². The Balaban J connectivity index is 2.49. The van der Waals surface area contributed by atoms with Crippen molar-refractivity contribution in [1.29, 1.82) is 0 Å². The molecule has 0 saturated heterocycles. The van der Waals surface area contributed by atoms with Crippen LogP contribution < -0.4 is 0 Å². The van der Waals surface area contributed by atoms with Crippen molar-refractivity contribution in [3.63, 3.8) is 0 Å². The van der Waals surface area contributed by atoms with Crippen LogP contribution in [0, 0.1) is 5.92 Å². The van der Waals surface area contributed by atoms with Crippen molar-refractivity contribution < 1.29 is 14.3 Å². The molecular formula is C17H22O3. The Kier molecular flexibility index (Phi) is 4.58. The molecule has 0 aliphatic heterocycles. The molecule has 0 spiro atoms. The highest BCUT2D eigenvalue weighted by molar-refractivity contribution is 5.89. The van der Waals surface area contributed by atoms with E-state index in [1.807, 2.05) is 30.3 Å². The maximum absolute atomic E-state index is 12.4. The van der Waals surface area contributed by atoms with Crippen LogP contribution in [0.2, 0.25) is 0 Å². The molecule has 0 heterocycles. The van der Waals surface area contributed by atoms with Gasteiger partial charge in [-0.2, -0.15) is 0 Å². The number of esters is 1. The number of hydrogen-bond acceptors (Lipinski definition) is 3. The highest BCUT2D eigenvalue weighted by atomic mass is 16.6. The van der Waals surface area contributed by atoms with Gasteiger partial charge in [0.2, 0.25) is 0 Å². The van der Waals surface area contributed by atoms with Crippen molar-refractivity contribution >= 4 is 11.8 Å². The minimum Gasteiger partial charge on any atom is -0.446 e. The summed E-state index contributed by atoms with van der Waals surface area (Å²) in [5, 5.41) is 0. The molecular weight excluding hydrogens is 252 g/mol. The van der Waals surface area contributed by atoms with Gasteiger partial charge in [0.05, 0.1) is 0 Å². The summed E-state index contributed by atoms with van der Waals surface area (Å²) in [4.78, 5) is 24.0. The fourth-order valence-corrected chi connectivity index (χ4v) is 3.36. The molecule has 0 unspecified atom stereocenters. The van der Waals surface area contributed by atoms with Crippen molar-refractivity contribution in [2.45, 2.75) is 51.6 Å². The molecule has 20 heavy (non-hydrogen) atoms. The van der Waals surface area contributed by atoms with E-state index in [4.69, 9.17) is 4.74 Å². The normalized spacial score (nSPS) is 19.1. The fourth-order valence-electron chi connectivity index (χ4n) is 3.36. The fraction of sp³-hybridized carbons (Fsp3) is 0.529. The maximum atomic E-state index is 12.4. The second-order valence-corrected chi connectivity index (χ2v) is 5.59. The Morgan fingerprint density at radius 1 is 1.05 bits per heavy atom. The third-order valence-corrected chi connectivity index (χ3v) is 4.21. The molecule has 0 N–H and O–H groups in total. The molecule has 1 saturated carbocycles. The average Bonchev–Trinajstić information content (AvgIpc) is 2.46. The summed E-state index contributed by atoms with van der Waals surface area (Å²) in [6.45, 7) is 2.91. The van der Waals surface area contributed by atoms with Crippen LogP contribution in [-0.4, -0.2) is 11.8 Å². The number of benzene rings is 1. The lowest BCUT2D eigenvalue weighted by Gasteiger charge is -2.40. The van der Waals surface area contributed by atoms with Crippen LogP contribution >= 0.6 is 0 Å². The first kappa shape index (κ1) is 14.8. The minimum absolute atomic E-state index is 0.0780. The van der Waals surface area contributed by atoms with Crippen LogP contribution in [0.1, 0.15) is 51.5 Å². The van der Waals surface area contributed by atoms with E-state index in [0.717, 1.165) is 31.2 Å². The van der Waals surface area contributed by atoms with Gasteiger partial charge in [-0.05, 0) is 19.8 Å². The van der Waals surface area contributed by atoms with Crippen LogP contribution in [0.5, 0.6) is 0 Å². The molecule has 0 radical (unpaired) electrons. The Morgan fingerprint density at radius 2 is 1.65 bits per heavy atom. The molecule has 1 fully saturated rings. The van der Waals surface area contributed by atoms with Crippen LogP contribution in [-0.2, 0) is 19.9 Å². The van der Waals surface area contributed by atoms with E-state index in [-0.39, 0.29) is 11.7 Å². The number of hydrogen-bond donors (Lipinski definition) is 0. The monoisotopic (exact) mass is 274 g/mol. The molecule has 3 heteroatoms. The van der Waals surface area contributed by atoms with Gasteiger partial charge in [-0.15, -0.1) is 0 Å². The summed E-state index contributed by atoms with van der Waals surface area (Å²) >= 11 is 0. The number of Topliss-reactive ketones (excluding diaryl/α,β-unsaturated/α-hetero) is 1. The standard InChI is InChI=1S/C17H22O3/c1-13(18)17(20-14(2)19,15-9-5-3-6-10-15)16-11-7-4-8-12-16/h3,5-6,9-10,16H,4,7-8,11-12H2,1-2H3/t17-/m1/s1. The SMILES string of the molecule is CC(=O)O[C@](C(C)=O)(c1ccccc1)C1CCCCC1. The number of ketones is 1. The lowest BCUT2D eigenvalue weighted by molar-refractivity contribution is -0.175. The number of rotatable bonds is 4. The molecule has 1 aromatic rings. The van der Waals surface area contributed by atoms with Gasteiger partial charge in [-0.1, -0.05) is 49.6 Å². The molecule has 1 aliphatic carbocycles. The molecule has 0 bridgehead atoms. The summed E-state index contributed by atoms with van der Waals surface area (Å²) in [6, 6.07) is 9.46. The van der Waals surface area contributed by atoms with Crippen LogP contribution in [0.3, 0.4) is 0 Å². The number of ether oxygens (including phenoxy) is 1. The molecule has 108 valence electrons. The molecule has 1 atom stereocenters. The molecule has 0 amide bonds. The minimum atomic E-state index is -1.10. The van der Waals surface area contributed by atoms with E-state index in [1.165, 1.54) is 20.3 Å². The van der Waals surface area contributed by atoms with E-state index in [2.05, 4.69) is 0 Å². The van der Waals surface area contributed by atoms with E-state index < -0.39 is 11.6 Å². The maximum Gasteiger partial charge on any atom is 0.303 e. The molecule has 3 nitrogen and oxygen atoms in total. The zero-order valence-electron chi connectivity index (χ0n) is 12.2. The van der Waals surface area contributed by atoms with E-state index in [0.29, 0.717) is 0 Å². The van der Waals surface area contributed by atoms with Crippen molar-refractivity contribution in [2.75, 3.05) is 0 Å². The third kappa shape index (κ3) is 2.77. The van der Waals surface area contributed by atoms with Gasteiger partial charge in [0.15, 0.2) is 11.4 Å². The number of carbonyl (C=O) groups is 2. The van der Waals surface area contributed by atoms with Gasteiger partial charge in [-0.3, -0.25) is 9.59 Å².